The van der Waals surface area contributed by atoms with Crippen molar-refractivity contribution < 1.29 is 0 Å². The summed E-state index contributed by atoms with van der Waals surface area (Å²) in [7, 11) is 0. The van der Waals surface area contributed by atoms with Crippen LogP contribution in [0.4, 0.5) is 0 Å². The summed E-state index contributed by atoms with van der Waals surface area (Å²) in [6.45, 7) is 7.89. The standard InChI is InChI=1S/C14H18N2/c1-9-13-12(14(2,3)8-15-9)10-6-4-5-7-11(10)16-13/h4-7,9,15-16H,8H2,1-3H3. The molecule has 1 atom stereocenters. The van der Waals surface area contributed by atoms with Crippen LogP contribution in [-0.2, 0) is 5.41 Å². The first-order chi connectivity index (χ1) is 7.59. The van der Waals surface area contributed by atoms with Gasteiger partial charge in [-0.2, -0.15) is 0 Å². The predicted octanol–water partition coefficient (Wildman–Crippen LogP) is 3.11. The number of aromatic amines is 1. The van der Waals surface area contributed by atoms with Crippen LogP contribution in [0, 0.1) is 0 Å². The van der Waals surface area contributed by atoms with Crippen LogP contribution >= 0.6 is 0 Å². The molecule has 0 spiro atoms. The molecule has 0 radical (unpaired) electrons. The van der Waals surface area contributed by atoms with Gasteiger partial charge in [0.2, 0.25) is 0 Å². The van der Waals surface area contributed by atoms with E-state index in [-0.39, 0.29) is 5.41 Å². The molecule has 2 aromatic rings. The van der Waals surface area contributed by atoms with Crippen molar-refractivity contribution in [1.29, 1.82) is 0 Å². The fourth-order valence-corrected chi connectivity index (χ4v) is 2.82. The molecule has 2 heterocycles. The minimum absolute atomic E-state index is 0.210. The Morgan fingerprint density at radius 2 is 2.00 bits per heavy atom. The average molecular weight is 214 g/mol. The third kappa shape index (κ3) is 1.23. The molecular weight excluding hydrogens is 196 g/mol. The fraction of sp³-hybridized carbons (Fsp3) is 0.429. The number of para-hydroxylation sites is 1. The Labute approximate surface area is 96.1 Å². The molecule has 2 heteroatoms. The van der Waals surface area contributed by atoms with Crippen molar-refractivity contribution in [1.82, 2.24) is 10.3 Å². The molecule has 1 aliphatic heterocycles. The molecule has 0 aliphatic carbocycles. The maximum absolute atomic E-state index is 3.56. The zero-order chi connectivity index (χ0) is 11.3. The summed E-state index contributed by atoms with van der Waals surface area (Å²) in [4.78, 5) is 3.56. The Hall–Kier alpha value is -1.28. The van der Waals surface area contributed by atoms with E-state index < -0.39 is 0 Å². The molecule has 0 fully saturated rings. The molecule has 1 aliphatic rings. The van der Waals surface area contributed by atoms with Gasteiger partial charge in [-0.3, -0.25) is 0 Å². The predicted molar refractivity (Wildman–Crippen MR) is 67.7 cm³/mol. The number of H-pyrrole nitrogens is 1. The molecule has 3 rings (SSSR count). The summed E-state index contributed by atoms with van der Waals surface area (Å²) in [5.41, 5.74) is 4.32. The van der Waals surface area contributed by atoms with E-state index in [0.29, 0.717) is 6.04 Å². The van der Waals surface area contributed by atoms with E-state index in [1.165, 1.54) is 22.2 Å². The molecule has 84 valence electrons. The highest BCUT2D eigenvalue weighted by Crippen LogP contribution is 2.39. The second-order valence-corrected chi connectivity index (χ2v) is 5.45. The molecule has 0 saturated heterocycles. The zero-order valence-electron chi connectivity index (χ0n) is 10.1. The Bertz CT molecular complexity index is 537. The molecule has 0 saturated carbocycles. The van der Waals surface area contributed by atoms with Crippen LogP contribution in [0.2, 0.25) is 0 Å². The Morgan fingerprint density at radius 1 is 1.25 bits per heavy atom. The first-order valence-electron chi connectivity index (χ1n) is 5.94. The van der Waals surface area contributed by atoms with E-state index in [1.807, 2.05) is 0 Å². The summed E-state index contributed by atoms with van der Waals surface area (Å²) >= 11 is 0. The van der Waals surface area contributed by atoms with Gasteiger partial charge in [0.1, 0.15) is 0 Å². The van der Waals surface area contributed by atoms with Crippen molar-refractivity contribution in [3.63, 3.8) is 0 Å². The summed E-state index contributed by atoms with van der Waals surface area (Å²) < 4.78 is 0. The van der Waals surface area contributed by atoms with E-state index in [2.05, 4.69) is 55.3 Å². The molecule has 1 aromatic carbocycles. The van der Waals surface area contributed by atoms with Gasteiger partial charge in [0.05, 0.1) is 0 Å². The van der Waals surface area contributed by atoms with Gasteiger partial charge in [-0.15, -0.1) is 0 Å². The van der Waals surface area contributed by atoms with E-state index in [9.17, 15) is 0 Å². The third-order valence-corrected chi connectivity index (χ3v) is 3.70. The normalized spacial score (nSPS) is 23.3. The zero-order valence-corrected chi connectivity index (χ0v) is 10.1. The number of benzene rings is 1. The molecule has 1 unspecified atom stereocenters. The van der Waals surface area contributed by atoms with Gasteiger partial charge in [-0.25, -0.2) is 0 Å². The molecule has 2 N–H and O–H groups in total. The lowest BCUT2D eigenvalue weighted by Crippen LogP contribution is -2.40. The lowest BCUT2D eigenvalue weighted by Gasteiger charge is -2.34. The SMILES string of the molecule is CC1NCC(C)(C)c2c1[nH]c1ccccc21. The number of rotatable bonds is 0. The number of hydrogen-bond donors (Lipinski definition) is 2. The van der Waals surface area contributed by atoms with E-state index >= 15 is 0 Å². The quantitative estimate of drug-likeness (QED) is 0.693. The van der Waals surface area contributed by atoms with Crippen LogP contribution in [-0.4, -0.2) is 11.5 Å². The number of nitrogens with one attached hydrogen (secondary N) is 2. The number of fused-ring (bicyclic) bond motifs is 3. The van der Waals surface area contributed by atoms with Crippen molar-refractivity contribution >= 4 is 10.9 Å². The van der Waals surface area contributed by atoms with E-state index in [1.54, 1.807) is 0 Å². The fourth-order valence-electron chi connectivity index (χ4n) is 2.82. The molecule has 16 heavy (non-hydrogen) atoms. The minimum Gasteiger partial charge on any atom is -0.357 e. The Balaban J connectivity index is 2.37. The highest BCUT2D eigenvalue weighted by molar-refractivity contribution is 5.86. The van der Waals surface area contributed by atoms with Gasteiger partial charge in [-0.05, 0) is 18.6 Å². The van der Waals surface area contributed by atoms with Gasteiger partial charge in [0.15, 0.2) is 0 Å². The molecule has 0 amide bonds. The van der Waals surface area contributed by atoms with Gasteiger partial charge < -0.3 is 10.3 Å². The maximum Gasteiger partial charge on any atom is 0.0459 e. The van der Waals surface area contributed by atoms with Crippen LogP contribution in [0.3, 0.4) is 0 Å². The first kappa shape index (κ1) is 9.91. The van der Waals surface area contributed by atoms with Crippen molar-refractivity contribution in [2.45, 2.75) is 32.2 Å². The van der Waals surface area contributed by atoms with Crippen LogP contribution in [0.5, 0.6) is 0 Å². The summed E-state index contributed by atoms with van der Waals surface area (Å²) in [6.07, 6.45) is 0. The van der Waals surface area contributed by atoms with Crippen molar-refractivity contribution in [2.24, 2.45) is 0 Å². The van der Waals surface area contributed by atoms with Gasteiger partial charge in [-0.1, -0.05) is 32.0 Å². The third-order valence-electron chi connectivity index (χ3n) is 3.70. The van der Waals surface area contributed by atoms with E-state index in [4.69, 9.17) is 0 Å². The van der Waals surface area contributed by atoms with Crippen molar-refractivity contribution in [3.05, 3.63) is 35.5 Å². The number of hydrogen-bond acceptors (Lipinski definition) is 1. The van der Waals surface area contributed by atoms with Crippen LogP contribution in [0.1, 0.15) is 38.1 Å². The van der Waals surface area contributed by atoms with Crippen molar-refractivity contribution in [2.75, 3.05) is 6.54 Å². The largest absolute Gasteiger partial charge is 0.357 e. The maximum atomic E-state index is 3.56. The lowest BCUT2D eigenvalue weighted by atomic mass is 9.79. The second-order valence-electron chi connectivity index (χ2n) is 5.45. The highest BCUT2D eigenvalue weighted by atomic mass is 15.0. The first-order valence-corrected chi connectivity index (χ1v) is 5.94. The topological polar surface area (TPSA) is 27.8 Å². The Morgan fingerprint density at radius 3 is 2.81 bits per heavy atom. The Kier molecular flexibility index (Phi) is 1.93. The van der Waals surface area contributed by atoms with Crippen LogP contribution < -0.4 is 5.32 Å². The smallest absolute Gasteiger partial charge is 0.0459 e. The average Bonchev–Trinajstić information content (AvgIpc) is 2.65. The monoisotopic (exact) mass is 214 g/mol. The second kappa shape index (κ2) is 3.11. The molecule has 0 bridgehead atoms. The van der Waals surface area contributed by atoms with Gasteiger partial charge in [0, 0.05) is 34.6 Å². The molecule has 2 nitrogen and oxygen atoms in total. The van der Waals surface area contributed by atoms with Gasteiger partial charge in [0.25, 0.3) is 0 Å². The van der Waals surface area contributed by atoms with Crippen molar-refractivity contribution in [3.8, 4) is 0 Å². The summed E-state index contributed by atoms with van der Waals surface area (Å²) in [5, 5.41) is 4.94. The van der Waals surface area contributed by atoms with Crippen LogP contribution in [0.15, 0.2) is 24.3 Å². The van der Waals surface area contributed by atoms with E-state index in [0.717, 1.165) is 6.54 Å². The molecule has 1 aromatic heterocycles. The highest BCUT2D eigenvalue weighted by Gasteiger charge is 2.33. The van der Waals surface area contributed by atoms with Gasteiger partial charge >= 0.3 is 0 Å². The molecular formula is C14H18N2. The summed E-state index contributed by atoms with van der Waals surface area (Å²) in [6, 6.07) is 9.03. The minimum atomic E-state index is 0.210. The van der Waals surface area contributed by atoms with Crippen LogP contribution in [0.25, 0.3) is 10.9 Å². The lowest BCUT2D eigenvalue weighted by molar-refractivity contribution is 0.394. The summed E-state index contributed by atoms with van der Waals surface area (Å²) in [5.74, 6) is 0. The number of aromatic nitrogens is 1.